The van der Waals surface area contributed by atoms with Crippen LogP contribution >= 0.6 is 0 Å². The summed E-state index contributed by atoms with van der Waals surface area (Å²) in [6, 6.07) is 0.560. The van der Waals surface area contributed by atoms with E-state index in [9.17, 15) is 4.79 Å². The molecule has 1 fully saturated rings. The predicted molar refractivity (Wildman–Crippen MR) is 80.7 cm³/mol. The average molecular weight is 280 g/mol. The molecule has 2 rings (SSSR count). The summed E-state index contributed by atoms with van der Waals surface area (Å²) in [5, 5.41) is 10.2. The SMILES string of the molecule is Cn1c(CCNC2CC(C)(C)CC(C)(C)C2)n[nH]c1=O. The van der Waals surface area contributed by atoms with Crippen molar-refractivity contribution in [1.82, 2.24) is 20.1 Å². The first-order chi connectivity index (χ1) is 9.19. The fourth-order valence-corrected chi connectivity index (χ4v) is 3.98. The standard InChI is InChI=1S/C15H28N4O/c1-14(2)8-11(9-15(3,4)10-14)16-7-6-12-17-18-13(20)19(12)5/h11,16H,6-10H2,1-5H3,(H,18,20). The minimum atomic E-state index is -0.139. The van der Waals surface area contributed by atoms with Crippen LogP contribution in [0.5, 0.6) is 0 Å². The summed E-state index contributed by atoms with van der Waals surface area (Å²) < 4.78 is 1.58. The van der Waals surface area contributed by atoms with Gasteiger partial charge in [-0.2, -0.15) is 5.10 Å². The summed E-state index contributed by atoms with van der Waals surface area (Å²) >= 11 is 0. The monoisotopic (exact) mass is 280 g/mol. The number of nitrogens with zero attached hydrogens (tertiary/aromatic N) is 2. The smallest absolute Gasteiger partial charge is 0.313 e. The van der Waals surface area contributed by atoms with Gasteiger partial charge >= 0.3 is 5.69 Å². The molecular weight excluding hydrogens is 252 g/mol. The molecule has 1 aromatic heterocycles. The van der Waals surface area contributed by atoms with E-state index in [4.69, 9.17) is 0 Å². The fraction of sp³-hybridized carbons (Fsp3) is 0.867. The molecule has 1 aromatic rings. The number of H-pyrrole nitrogens is 1. The molecule has 1 aliphatic rings. The normalized spacial score (nSPS) is 22.1. The van der Waals surface area contributed by atoms with Crippen LogP contribution in [0.2, 0.25) is 0 Å². The van der Waals surface area contributed by atoms with E-state index in [0.717, 1.165) is 18.8 Å². The first-order valence-corrected chi connectivity index (χ1v) is 7.52. The molecule has 0 radical (unpaired) electrons. The Labute approximate surface area is 121 Å². The average Bonchev–Trinajstić information content (AvgIpc) is 2.56. The zero-order chi connectivity index (χ0) is 15.0. The van der Waals surface area contributed by atoms with E-state index in [0.29, 0.717) is 16.9 Å². The van der Waals surface area contributed by atoms with Gasteiger partial charge in [0, 0.05) is 26.1 Å². The summed E-state index contributed by atoms with van der Waals surface area (Å²) in [6.45, 7) is 10.3. The second-order valence-corrected chi connectivity index (χ2v) is 7.82. The number of aromatic amines is 1. The Morgan fingerprint density at radius 1 is 1.30 bits per heavy atom. The summed E-state index contributed by atoms with van der Waals surface area (Å²) in [5.74, 6) is 0.817. The van der Waals surface area contributed by atoms with Crippen molar-refractivity contribution in [1.29, 1.82) is 0 Å². The Hall–Kier alpha value is -1.10. The molecular formula is C15H28N4O. The molecule has 20 heavy (non-hydrogen) atoms. The lowest BCUT2D eigenvalue weighted by Crippen LogP contribution is -2.44. The molecule has 5 heteroatoms. The molecule has 0 saturated heterocycles. The van der Waals surface area contributed by atoms with Crippen LogP contribution in [0.15, 0.2) is 4.79 Å². The highest BCUT2D eigenvalue weighted by molar-refractivity contribution is 4.93. The molecule has 0 spiro atoms. The maximum Gasteiger partial charge on any atom is 0.343 e. The molecule has 1 heterocycles. The highest BCUT2D eigenvalue weighted by Gasteiger charge is 2.37. The number of nitrogens with one attached hydrogen (secondary N) is 2. The van der Waals surface area contributed by atoms with Crippen LogP contribution in [0.25, 0.3) is 0 Å². The van der Waals surface area contributed by atoms with Gasteiger partial charge in [-0.1, -0.05) is 27.7 Å². The lowest BCUT2D eigenvalue weighted by Gasteiger charge is -2.45. The van der Waals surface area contributed by atoms with Gasteiger partial charge in [0.2, 0.25) is 0 Å². The molecule has 5 nitrogen and oxygen atoms in total. The molecule has 0 unspecified atom stereocenters. The van der Waals surface area contributed by atoms with Gasteiger partial charge < -0.3 is 5.32 Å². The molecule has 2 N–H and O–H groups in total. The van der Waals surface area contributed by atoms with Crippen molar-refractivity contribution in [2.24, 2.45) is 17.9 Å². The van der Waals surface area contributed by atoms with Crippen molar-refractivity contribution in [3.8, 4) is 0 Å². The van der Waals surface area contributed by atoms with Crippen molar-refractivity contribution in [2.45, 2.75) is 59.4 Å². The Morgan fingerprint density at radius 3 is 2.40 bits per heavy atom. The van der Waals surface area contributed by atoms with E-state index in [2.05, 4.69) is 43.2 Å². The summed E-state index contributed by atoms with van der Waals surface area (Å²) in [4.78, 5) is 11.3. The van der Waals surface area contributed by atoms with Crippen LogP contribution in [-0.4, -0.2) is 27.4 Å². The van der Waals surface area contributed by atoms with Gasteiger partial charge in [-0.25, -0.2) is 9.89 Å². The minimum Gasteiger partial charge on any atom is -0.313 e. The molecule has 1 aliphatic carbocycles. The van der Waals surface area contributed by atoms with Crippen LogP contribution in [-0.2, 0) is 13.5 Å². The zero-order valence-electron chi connectivity index (χ0n) is 13.4. The third-order valence-corrected chi connectivity index (χ3v) is 4.31. The number of hydrogen-bond donors (Lipinski definition) is 2. The van der Waals surface area contributed by atoms with Crippen LogP contribution < -0.4 is 11.0 Å². The molecule has 0 aliphatic heterocycles. The summed E-state index contributed by atoms with van der Waals surface area (Å²) in [6.07, 6.45) is 4.50. The van der Waals surface area contributed by atoms with Crippen LogP contribution in [0.1, 0.15) is 52.8 Å². The van der Waals surface area contributed by atoms with Gasteiger partial charge in [0.15, 0.2) is 0 Å². The fourth-order valence-electron chi connectivity index (χ4n) is 3.98. The highest BCUT2D eigenvalue weighted by Crippen LogP contribution is 2.45. The second kappa shape index (κ2) is 5.35. The molecule has 1 saturated carbocycles. The maximum absolute atomic E-state index is 11.3. The van der Waals surface area contributed by atoms with Gasteiger partial charge in [0.25, 0.3) is 0 Å². The van der Waals surface area contributed by atoms with Gasteiger partial charge in [-0.15, -0.1) is 0 Å². The number of rotatable bonds is 4. The molecule has 0 atom stereocenters. The van der Waals surface area contributed by atoms with E-state index in [-0.39, 0.29) is 5.69 Å². The quantitative estimate of drug-likeness (QED) is 0.884. The van der Waals surface area contributed by atoms with Crippen molar-refractivity contribution in [2.75, 3.05) is 6.54 Å². The molecule has 0 amide bonds. The van der Waals surface area contributed by atoms with Gasteiger partial charge in [-0.05, 0) is 30.1 Å². The summed E-state index contributed by atoms with van der Waals surface area (Å²) in [5.41, 5.74) is 0.664. The molecule has 114 valence electrons. The first-order valence-electron chi connectivity index (χ1n) is 7.52. The lowest BCUT2D eigenvalue weighted by atomic mass is 9.63. The highest BCUT2D eigenvalue weighted by atomic mass is 16.1. The van der Waals surface area contributed by atoms with Crippen molar-refractivity contribution in [3.05, 3.63) is 16.3 Å². The van der Waals surface area contributed by atoms with Gasteiger partial charge in [0.1, 0.15) is 5.82 Å². The Kier molecular flexibility index (Phi) is 4.09. The van der Waals surface area contributed by atoms with Gasteiger partial charge in [-0.3, -0.25) is 4.57 Å². The summed E-state index contributed by atoms with van der Waals surface area (Å²) in [7, 11) is 1.76. The van der Waals surface area contributed by atoms with Crippen molar-refractivity contribution < 1.29 is 0 Å². The Balaban J connectivity index is 1.88. The van der Waals surface area contributed by atoms with E-state index in [1.54, 1.807) is 11.6 Å². The van der Waals surface area contributed by atoms with Crippen LogP contribution in [0.3, 0.4) is 0 Å². The predicted octanol–water partition coefficient (Wildman–Crippen LogP) is 1.85. The lowest BCUT2D eigenvalue weighted by molar-refractivity contribution is 0.0853. The minimum absolute atomic E-state index is 0.139. The zero-order valence-corrected chi connectivity index (χ0v) is 13.4. The second-order valence-electron chi connectivity index (χ2n) is 7.82. The van der Waals surface area contributed by atoms with Crippen LogP contribution in [0.4, 0.5) is 0 Å². The van der Waals surface area contributed by atoms with Crippen LogP contribution in [0, 0.1) is 10.8 Å². The number of aromatic nitrogens is 3. The van der Waals surface area contributed by atoms with E-state index in [1.165, 1.54) is 19.3 Å². The Morgan fingerprint density at radius 2 is 1.90 bits per heavy atom. The molecule has 0 bridgehead atoms. The van der Waals surface area contributed by atoms with Gasteiger partial charge in [0.05, 0.1) is 0 Å². The topological polar surface area (TPSA) is 62.7 Å². The Bertz CT molecular complexity index is 496. The molecule has 0 aromatic carbocycles. The third kappa shape index (κ3) is 3.72. The van der Waals surface area contributed by atoms with E-state index < -0.39 is 0 Å². The first kappa shape index (κ1) is 15.3. The largest absolute Gasteiger partial charge is 0.343 e. The van der Waals surface area contributed by atoms with E-state index >= 15 is 0 Å². The van der Waals surface area contributed by atoms with Crippen molar-refractivity contribution >= 4 is 0 Å². The van der Waals surface area contributed by atoms with E-state index in [1.807, 2.05) is 0 Å². The van der Waals surface area contributed by atoms with Crippen molar-refractivity contribution in [3.63, 3.8) is 0 Å². The third-order valence-electron chi connectivity index (χ3n) is 4.31. The maximum atomic E-state index is 11.3. The number of hydrogen-bond acceptors (Lipinski definition) is 3.